The standard InChI is InChI=1S/C9H18/c1-6-8(4)9(5)7(2)3/h7,9H,4,6H2,1-3,5H3/t9-/m0/s1. The summed E-state index contributed by atoms with van der Waals surface area (Å²) < 4.78 is 0. The second kappa shape index (κ2) is 3.71. The van der Waals surface area contributed by atoms with Crippen LogP contribution in [0.1, 0.15) is 34.1 Å². The van der Waals surface area contributed by atoms with E-state index in [9.17, 15) is 0 Å². The van der Waals surface area contributed by atoms with E-state index in [1.54, 1.807) is 0 Å². The van der Waals surface area contributed by atoms with Crippen LogP contribution in [0.3, 0.4) is 0 Å². The van der Waals surface area contributed by atoms with Crippen LogP contribution < -0.4 is 0 Å². The summed E-state index contributed by atoms with van der Waals surface area (Å²) in [6.45, 7) is 12.9. The van der Waals surface area contributed by atoms with E-state index in [-0.39, 0.29) is 0 Å². The van der Waals surface area contributed by atoms with Gasteiger partial charge in [-0.05, 0) is 18.3 Å². The summed E-state index contributed by atoms with van der Waals surface area (Å²) >= 11 is 0. The molecule has 0 saturated heterocycles. The molecule has 0 aliphatic heterocycles. The van der Waals surface area contributed by atoms with Gasteiger partial charge in [0.15, 0.2) is 0 Å². The molecule has 0 heterocycles. The van der Waals surface area contributed by atoms with Crippen molar-refractivity contribution in [3.63, 3.8) is 0 Å². The van der Waals surface area contributed by atoms with E-state index in [4.69, 9.17) is 0 Å². The summed E-state index contributed by atoms with van der Waals surface area (Å²) in [7, 11) is 0. The summed E-state index contributed by atoms with van der Waals surface area (Å²) in [6, 6.07) is 0. The molecule has 0 nitrogen and oxygen atoms in total. The van der Waals surface area contributed by atoms with Crippen molar-refractivity contribution in [1.29, 1.82) is 0 Å². The molecule has 0 rings (SSSR count). The third kappa shape index (κ3) is 2.69. The Labute approximate surface area is 59.0 Å². The smallest absolute Gasteiger partial charge is 0.0211 e. The molecular weight excluding hydrogens is 108 g/mol. The first-order chi connectivity index (χ1) is 4.09. The van der Waals surface area contributed by atoms with E-state index >= 15 is 0 Å². The molecule has 0 aliphatic rings. The molecule has 0 aromatic heterocycles. The molecule has 0 radical (unpaired) electrons. The van der Waals surface area contributed by atoms with Gasteiger partial charge in [0.2, 0.25) is 0 Å². The average molecular weight is 126 g/mol. The van der Waals surface area contributed by atoms with Gasteiger partial charge in [0.25, 0.3) is 0 Å². The normalized spacial score (nSPS) is 13.9. The fraction of sp³-hybridized carbons (Fsp3) is 0.778. The molecule has 0 spiro atoms. The van der Waals surface area contributed by atoms with Crippen LogP contribution in [0.4, 0.5) is 0 Å². The predicted molar refractivity (Wildman–Crippen MR) is 43.4 cm³/mol. The van der Waals surface area contributed by atoms with Crippen LogP contribution in [-0.4, -0.2) is 0 Å². The van der Waals surface area contributed by atoms with Crippen LogP contribution in [0.25, 0.3) is 0 Å². The van der Waals surface area contributed by atoms with E-state index in [0.29, 0.717) is 5.92 Å². The zero-order chi connectivity index (χ0) is 7.44. The van der Waals surface area contributed by atoms with Gasteiger partial charge in [0.05, 0.1) is 0 Å². The van der Waals surface area contributed by atoms with Crippen molar-refractivity contribution in [2.24, 2.45) is 11.8 Å². The Balaban J connectivity index is 3.72. The second-order valence-electron chi connectivity index (χ2n) is 3.04. The van der Waals surface area contributed by atoms with Crippen LogP contribution in [0, 0.1) is 11.8 Å². The zero-order valence-electron chi connectivity index (χ0n) is 7.07. The summed E-state index contributed by atoms with van der Waals surface area (Å²) in [5.41, 5.74) is 1.38. The Bertz CT molecular complexity index is 90.2. The lowest BCUT2D eigenvalue weighted by molar-refractivity contribution is 0.472. The number of rotatable bonds is 3. The van der Waals surface area contributed by atoms with E-state index in [0.717, 1.165) is 12.3 Å². The minimum atomic E-state index is 0.690. The first kappa shape index (κ1) is 8.74. The molecule has 54 valence electrons. The maximum absolute atomic E-state index is 3.99. The SMILES string of the molecule is C=C(CC)[C@@H](C)C(C)C. The van der Waals surface area contributed by atoms with Gasteiger partial charge in [0.1, 0.15) is 0 Å². The number of hydrogen-bond donors (Lipinski definition) is 0. The molecule has 0 heteroatoms. The summed E-state index contributed by atoms with van der Waals surface area (Å²) in [5.74, 6) is 1.44. The predicted octanol–water partition coefficient (Wildman–Crippen LogP) is 3.24. The van der Waals surface area contributed by atoms with Gasteiger partial charge >= 0.3 is 0 Å². The van der Waals surface area contributed by atoms with Crippen molar-refractivity contribution in [1.82, 2.24) is 0 Å². The third-order valence-electron chi connectivity index (χ3n) is 2.10. The van der Waals surface area contributed by atoms with Gasteiger partial charge < -0.3 is 0 Å². The maximum atomic E-state index is 3.99. The van der Waals surface area contributed by atoms with Gasteiger partial charge in [-0.1, -0.05) is 39.8 Å². The van der Waals surface area contributed by atoms with Gasteiger partial charge in [-0.2, -0.15) is 0 Å². The Kier molecular flexibility index (Phi) is 3.60. The van der Waals surface area contributed by atoms with E-state index < -0.39 is 0 Å². The molecule has 0 aromatic rings. The molecule has 0 fully saturated rings. The van der Waals surface area contributed by atoms with Crippen molar-refractivity contribution in [2.75, 3.05) is 0 Å². The molecule has 9 heavy (non-hydrogen) atoms. The van der Waals surface area contributed by atoms with E-state index in [1.165, 1.54) is 5.57 Å². The molecule has 0 saturated carbocycles. The summed E-state index contributed by atoms with van der Waals surface area (Å²) in [5, 5.41) is 0. The highest BCUT2D eigenvalue weighted by molar-refractivity contribution is 4.98. The fourth-order valence-corrected chi connectivity index (χ4v) is 0.793. The molecule has 0 bridgehead atoms. The zero-order valence-corrected chi connectivity index (χ0v) is 7.07. The molecule has 0 N–H and O–H groups in total. The van der Waals surface area contributed by atoms with Crippen LogP contribution in [0.15, 0.2) is 12.2 Å². The number of allylic oxidation sites excluding steroid dienone is 1. The van der Waals surface area contributed by atoms with Gasteiger partial charge in [-0.3, -0.25) is 0 Å². The molecule has 1 atom stereocenters. The topological polar surface area (TPSA) is 0 Å². The summed E-state index contributed by atoms with van der Waals surface area (Å²) in [6.07, 6.45) is 1.12. The van der Waals surface area contributed by atoms with Crippen molar-refractivity contribution >= 4 is 0 Å². The number of hydrogen-bond acceptors (Lipinski definition) is 0. The lowest BCUT2D eigenvalue weighted by Crippen LogP contribution is -2.05. The summed E-state index contributed by atoms with van der Waals surface area (Å²) in [4.78, 5) is 0. The largest absolute Gasteiger partial charge is 0.0996 e. The van der Waals surface area contributed by atoms with Crippen molar-refractivity contribution in [3.05, 3.63) is 12.2 Å². The van der Waals surface area contributed by atoms with Crippen LogP contribution in [0.5, 0.6) is 0 Å². The first-order valence-corrected chi connectivity index (χ1v) is 3.77. The van der Waals surface area contributed by atoms with Crippen molar-refractivity contribution in [2.45, 2.75) is 34.1 Å². The third-order valence-corrected chi connectivity index (χ3v) is 2.10. The lowest BCUT2D eigenvalue weighted by atomic mass is 9.90. The Hall–Kier alpha value is -0.260. The molecule has 0 unspecified atom stereocenters. The maximum Gasteiger partial charge on any atom is -0.0211 e. The lowest BCUT2D eigenvalue weighted by Gasteiger charge is -2.16. The van der Waals surface area contributed by atoms with Gasteiger partial charge in [-0.15, -0.1) is 0 Å². The van der Waals surface area contributed by atoms with Crippen LogP contribution in [-0.2, 0) is 0 Å². The van der Waals surface area contributed by atoms with E-state index in [1.807, 2.05) is 0 Å². The first-order valence-electron chi connectivity index (χ1n) is 3.77. The fourth-order valence-electron chi connectivity index (χ4n) is 0.793. The van der Waals surface area contributed by atoms with Crippen molar-refractivity contribution < 1.29 is 0 Å². The average Bonchev–Trinajstić information content (AvgIpc) is 1.84. The molecule has 0 aromatic carbocycles. The molecular formula is C9H18. The van der Waals surface area contributed by atoms with Crippen LogP contribution >= 0.6 is 0 Å². The quantitative estimate of drug-likeness (QED) is 0.509. The molecule has 0 amide bonds. The monoisotopic (exact) mass is 126 g/mol. The molecule has 0 aliphatic carbocycles. The highest BCUT2D eigenvalue weighted by Crippen LogP contribution is 2.19. The Morgan fingerprint density at radius 2 is 1.78 bits per heavy atom. The van der Waals surface area contributed by atoms with Gasteiger partial charge in [0, 0.05) is 0 Å². The minimum Gasteiger partial charge on any atom is -0.0996 e. The van der Waals surface area contributed by atoms with Crippen LogP contribution in [0.2, 0.25) is 0 Å². The highest BCUT2D eigenvalue weighted by atomic mass is 14.1. The Morgan fingerprint density at radius 3 is 1.89 bits per heavy atom. The Morgan fingerprint density at radius 1 is 1.33 bits per heavy atom. The van der Waals surface area contributed by atoms with Gasteiger partial charge in [-0.25, -0.2) is 0 Å². The highest BCUT2D eigenvalue weighted by Gasteiger charge is 2.07. The van der Waals surface area contributed by atoms with Crippen molar-refractivity contribution in [3.8, 4) is 0 Å². The second-order valence-corrected chi connectivity index (χ2v) is 3.04. The minimum absolute atomic E-state index is 0.690. The van der Waals surface area contributed by atoms with E-state index in [2.05, 4.69) is 34.3 Å².